The van der Waals surface area contributed by atoms with Crippen molar-refractivity contribution in [3.8, 4) is 5.75 Å². The topological polar surface area (TPSA) is 21.3 Å². The Morgan fingerprint density at radius 1 is 1.24 bits per heavy atom. The minimum atomic E-state index is 0.395. The molecule has 1 aliphatic carbocycles. The number of aryl methyl sites for hydroxylation is 1. The second kappa shape index (κ2) is 7.31. The molecular formula is C19H31NO. The van der Waals surface area contributed by atoms with Gasteiger partial charge in [0.05, 0.1) is 6.10 Å². The van der Waals surface area contributed by atoms with E-state index in [1.54, 1.807) is 0 Å². The minimum Gasteiger partial charge on any atom is -0.490 e. The SMILES string of the molecule is CCNC(C)c1ccc(OC2CCC(C)C(C)C2)c(C)c1. The third-order valence-corrected chi connectivity index (χ3v) is 5.05. The lowest BCUT2D eigenvalue weighted by Crippen LogP contribution is -2.29. The molecule has 2 rings (SSSR count). The number of rotatable bonds is 5. The van der Waals surface area contributed by atoms with Gasteiger partial charge in [0.1, 0.15) is 5.75 Å². The summed E-state index contributed by atoms with van der Waals surface area (Å²) < 4.78 is 6.28. The summed E-state index contributed by atoms with van der Waals surface area (Å²) in [6, 6.07) is 7.02. The number of nitrogens with one attached hydrogen (secondary N) is 1. The lowest BCUT2D eigenvalue weighted by Gasteiger charge is -2.32. The fourth-order valence-electron chi connectivity index (χ4n) is 3.28. The minimum absolute atomic E-state index is 0.395. The average Bonchev–Trinajstić information content (AvgIpc) is 2.45. The van der Waals surface area contributed by atoms with Crippen LogP contribution in [0.1, 0.15) is 64.1 Å². The van der Waals surface area contributed by atoms with Crippen molar-refractivity contribution in [2.45, 2.75) is 66.0 Å². The molecule has 0 saturated heterocycles. The van der Waals surface area contributed by atoms with E-state index in [9.17, 15) is 0 Å². The molecule has 0 spiro atoms. The van der Waals surface area contributed by atoms with Gasteiger partial charge in [0, 0.05) is 6.04 Å². The monoisotopic (exact) mass is 289 g/mol. The highest BCUT2D eigenvalue weighted by Crippen LogP contribution is 2.33. The standard InChI is InChI=1S/C19H31NO/c1-6-20-16(5)17-8-10-19(15(4)11-17)21-18-9-7-13(2)14(3)12-18/h8,10-11,13-14,16,18,20H,6-7,9,12H2,1-5H3. The van der Waals surface area contributed by atoms with Gasteiger partial charge in [-0.05, 0) is 68.7 Å². The van der Waals surface area contributed by atoms with Crippen molar-refractivity contribution < 1.29 is 4.74 Å². The van der Waals surface area contributed by atoms with Crippen LogP contribution in [-0.2, 0) is 0 Å². The lowest BCUT2D eigenvalue weighted by molar-refractivity contribution is 0.0999. The predicted octanol–water partition coefficient (Wildman–Crippen LogP) is 4.87. The van der Waals surface area contributed by atoms with Gasteiger partial charge in [0.2, 0.25) is 0 Å². The van der Waals surface area contributed by atoms with Crippen LogP contribution in [0.25, 0.3) is 0 Å². The summed E-state index contributed by atoms with van der Waals surface area (Å²) in [5, 5.41) is 3.46. The van der Waals surface area contributed by atoms with E-state index in [4.69, 9.17) is 4.74 Å². The maximum atomic E-state index is 6.28. The van der Waals surface area contributed by atoms with E-state index in [-0.39, 0.29) is 0 Å². The van der Waals surface area contributed by atoms with Crippen LogP contribution >= 0.6 is 0 Å². The van der Waals surface area contributed by atoms with Crippen molar-refractivity contribution in [1.82, 2.24) is 5.32 Å². The van der Waals surface area contributed by atoms with Gasteiger partial charge in [-0.2, -0.15) is 0 Å². The van der Waals surface area contributed by atoms with E-state index in [0.29, 0.717) is 12.1 Å². The number of benzene rings is 1. The van der Waals surface area contributed by atoms with E-state index in [1.807, 2.05) is 0 Å². The van der Waals surface area contributed by atoms with Gasteiger partial charge in [-0.3, -0.25) is 0 Å². The molecule has 4 atom stereocenters. The predicted molar refractivity (Wildman–Crippen MR) is 89.9 cm³/mol. The first kappa shape index (κ1) is 16.4. The van der Waals surface area contributed by atoms with E-state index < -0.39 is 0 Å². The maximum Gasteiger partial charge on any atom is 0.122 e. The van der Waals surface area contributed by atoms with Crippen molar-refractivity contribution in [1.29, 1.82) is 0 Å². The molecule has 0 aromatic heterocycles. The molecule has 0 heterocycles. The molecule has 1 N–H and O–H groups in total. The second-order valence-corrected chi connectivity index (χ2v) is 6.81. The van der Waals surface area contributed by atoms with Crippen molar-refractivity contribution in [3.63, 3.8) is 0 Å². The normalized spacial score (nSPS) is 27.4. The van der Waals surface area contributed by atoms with Crippen LogP contribution in [-0.4, -0.2) is 12.6 Å². The third-order valence-electron chi connectivity index (χ3n) is 5.05. The zero-order chi connectivity index (χ0) is 15.4. The highest BCUT2D eigenvalue weighted by atomic mass is 16.5. The number of hydrogen-bond acceptors (Lipinski definition) is 2. The number of ether oxygens (including phenoxy) is 1. The summed E-state index contributed by atoms with van der Waals surface area (Å²) in [7, 11) is 0. The molecule has 118 valence electrons. The summed E-state index contributed by atoms with van der Waals surface area (Å²) in [4.78, 5) is 0. The molecule has 1 saturated carbocycles. The van der Waals surface area contributed by atoms with Crippen LogP contribution in [0.2, 0.25) is 0 Å². The Bertz CT molecular complexity index is 457. The Morgan fingerprint density at radius 3 is 2.62 bits per heavy atom. The molecule has 21 heavy (non-hydrogen) atoms. The van der Waals surface area contributed by atoms with Crippen LogP contribution < -0.4 is 10.1 Å². The molecule has 1 aliphatic rings. The second-order valence-electron chi connectivity index (χ2n) is 6.81. The molecule has 2 heteroatoms. The van der Waals surface area contributed by atoms with Crippen LogP contribution in [0.4, 0.5) is 0 Å². The lowest BCUT2D eigenvalue weighted by atomic mass is 9.80. The first-order chi connectivity index (χ1) is 10.0. The maximum absolute atomic E-state index is 6.28. The van der Waals surface area contributed by atoms with Crippen LogP contribution in [0.3, 0.4) is 0 Å². The molecule has 1 aromatic rings. The van der Waals surface area contributed by atoms with Crippen LogP contribution in [0.5, 0.6) is 5.75 Å². The summed E-state index contributed by atoms with van der Waals surface area (Å²) >= 11 is 0. The van der Waals surface area contributed by atoms with Crippen molar-refractivity contribution in [3.05, 3.63) is 29.3 Å². The van der Waals surface area contributed by atoms with Gasteiger partial charge in [-0.15, -0.1) is 0 Å². The molecule has 0 aliphatic heterocycles. The van der Waals surface area contributed by atoms with Gasteiger partial charge < -0.3 is 10.1 Å². The fourth-order valence-corrected chi connectivity index (χ4v) is 3.28. The van der Waals surface area contributed by atoms with Crippen LogP contribution in [0.15, 0.2) is 18.2 Å². The summed E-state index contributed by atoms with van der Waals surface area (Å²) in [5.74, 6) is 2.68. The Morgan fingerprint density at radius 2 is 2.00 bits per heavy atom. The van der Waals surface area contributed by atoms with E-state index >= 15 is 0 Å². The smallest absolute Gasteiger partial charge is 0.122 e. The average molecular weight is 289 g/mol. The van der Waals surface area contributed by atoms with Gasteiger partial charge >= 0.3 is 0 Å². The molecular weight excluding hydrogens is 258 g/mol. The molecule has 0 radical (unpaired) electrons. The molecule has 0 bridgehead atoms. The summed E-state index contributed by atoms with van der Waals surface area (Å²) in [5.41, 5.74) is 2.59. The highest BCUT2D eigenvalue weighted by Gasteiger charge is 2.26. The largest absolute Gasteiger partial charge is 0.490 e. The molecule has 1 aromatic carbocycles. The Labute approximate surface area is 130 Å². The zero-order valence-electron chi connectivity index (χ0n) is 14.3. The fraction of sp³-hybridized carbons (Fsp3) is 0.684. The van der Waals surface area contributed by atoms with Crippen molar-refractivity contribution >= 4 is 0 Å². The van der Waals surface area contributed by atoms with Crippen molar-refractivity contribution in [2.75, 3.05) is 6.54 Å². The third kappa shape index (κ3) is 4.23. The molecule has 4 unspecified atom stereocenters. The quantitative estimate of drug-likeness (QED) is 0.835. The van der Waals surface area contributed by atoms with Gasteiger partial charge in [0.15, 0.2) is 0 Å². The van der Waals surface area contributed by atoms with Gasteiger partial charge in [-0.25, -0.2) is 0 Å². The van der Waals surface area contributed by atoms with Gasteiger partial charge in [-0.1, -0.05) is 32.9 Å². The van der Waals surface area contributed by atoms with E-state index in [0.717, 1.165) is 24.1 Å². The summed E-state index contributed by atoms with van der Waals surface area (Å²) in [6.45, 7) is 12.2. The zero-order valence-corrected chi connectivity index (χ0v) is 14.3. The first-order valence-corrected chi connectivity index (χ1v) is 8.51. The Hall–Kier alpha value is -1.02. The first-order valence-electron chi connectivity index (χ1n) is 8.51. The highest BCUT2D eigenvalue weighted by molar-refractivity contribution is 5.37. The summed E-state index contributed by atoms with van der Waals surface area (Å²) in [6.07, 6.45) is 4.07. The van der Waals surface area contributed by atoms with E-state index in [1.165, 1.54) is 30.4 Å². The molecule has 1 fully saturated rings. The van der Waals surface area contributed by atoms with Crippen LogP contribution in [0, 0.1) is 18.8 Å². The Kier molecular flexibility index (Phi) is 5.69. The van der Waals surface area contributed by atoms with Gasteiger partial charge in [0.25, 0.3) is 0 Å². The number of hydrogen-bond donors (Lipinski definition) is 1. The van der Waals surface area contributed by atoms with E-state index in [2.05, 4.69) is 58.1 Å². The molecule has 2 nitrogen and oxygen atoms in total. The molecule has 0 amide bonds. The van der Waals surface area contributed by atoms with Crippen molar-refractivity contribution in [2.24, 2.45) is 11.8 Å². The Balaban J connectivity index is 2.01.